The molecule has 0 atom stereocenters. The molecule has 1 rings (SSSR count). The third-order valence-electron chi connectivity index (χ3n) is 2.83. The minimum atomic E-state index is -0.244. The van der Waals surface area contributed by atoms with Crippen LogP contribution in [0.1, 0.15) is 26.0 Å². The molecule has 4 heteroatoms. The van der Waals surface area contributed by atoms with E-state index in [0.717, 1.165) is 31.0 Å². The van der Waals surface area contributed by atoms with Crippen LogP contribution in [-0.2, 0) is 16.1 Å². The van der Waals surface area contributed by atoms with Gasteiger partial charge in [-0.2, -0.15) is 0 Å². The Labute approximate surface area is 108 Å². The van der Waals surface area contributed by atoms with E-state index in [1.807, 2.05) is 25.1 Å². The van der Waals surface area contributed by atoms with Gasteiger partial charge in [-0.1, -0.05) is 19.9 Å². The van der Waals surface area contributed by atoms with Crippen molar-refractivity contribution < 1.29 is 13.9 Å². The van der Waals surface area contributed by atoms with Gasteiger partial charge in [-0.15, -0.1) is 0 Å². The zero-order valence-electron chi connectivity index (χ0n) is 11.3. The Kier molecular flexibility index (Phi) is 6.22. The average molecular weight is 251 g/mol. The summed E-state index contributed by atoms with van der Waals surface area (Å²) in [6.45, 7) is 6.40. The molecule has 1 aromatic rings. The van der Waals surface area contributed by atoms with E-state index in [1.54, 1.807) is 6.26 Å². The smallest absolute Gasteiger partial charge is 0.333 e. The van der Waals surface area contributed by atoms with Crippen molar-refractivity contribution >= 4 is 5.97 Å². The number of likely N-dealkylation sites (N-methyl/N-ethyl adjacent to an activating group) is 1. The molecule has 0 radical (unpaired) electrons. The van der Waals surface area contributed by atoms with Crippen LogP contribution >= 0.6 is 0 Å². The second-order valence-electron chi connectivity index (χ2n) is 3.98. The van der Waals surface area contributed by atoms with Crippen molar-refractivity contribution in [1.82, 2.24) is 4.90 Å². The van der Waals surface area contributed by atoms with Gasteiger partial charge < -0.3 is 9.15 Å². The van der Waals surface area contributed by atoms with Crippen LogP contribution in [0, 0.1) is 0 Å². The van der Waals surface area contributed by atoms with Gasteiger partial charge in [-0.3, -0.25) is 4.90 Å². The van der Waals surface area contributed by atoms with E-state index in [-0.39, 0.29) is 5.97 Å². The van der Waals surface area contributed by atoms with E-state index in [2.05, 4.69) is 11.8 Å². The summed E-state index contributed by atoms with van der Waals surface area (Å²) in [6.07, 6.45) is 4.29. The van der Waals surface area contributed by atoms with Gasteiger partial charge in [0.05, 0.1) is 19.9 Å². The lowest BCUT2D eigenvalue weighted by Gasteiger charge is -2.17. The van der Waals surface area contributed by atoms with E-state index in [9.17, 15) is 4.79 Å². The van der Waals surface area contributed by atoms with Crippen LogP contribution in [0.2, 0.25) is 0 Å². The molecule has 0 saturated heterocycles. The number of rotatable bonds is 7. The first-order valence-corrected chi connectivity index (χ1v) is 6.23. The van der Waals surface area contributed by atoms with Gasteiger partial charge in [0.15, 0.2) is 0 Å². The van der Waals surface area contributed by atoms with Crippen LogP contribution in [-0.4, -0.2) is 31.1 Å². The number of esters is 1. The Bertz CT molecular complexity index is 382. The lowest BCUT2D eigenvalue weighted by Crippen LogP contribution is -2.23. The molecule has 0 aromatic carbocycles. The second kappa shape index (κ2) is 7.71. The quantitative estimate of drug-likeness (QED) is 0.552. The van der Waals surface area contributed by atoms with E-state index in [4.69, 9.17) is 9.15 Å². The standard InChI is InChI=1S/C14H21NO3/c1-4-12(14(16)17-3)8-9-15(5-2)11-13-7-6-10-18-13/h6-8,10H,4-5,9,11H2,1-3H3. The molecule has 0 unspecified atom stereocenters. The molecule has 0 bridgehead atoms. The van der Waals surface area contributed by atoms with Gasteiger partial charge >= 0.3 is 5.97 Å². The molecule has 0 aliphatic carbocycles. The van der Waals surface area contributed by atoms with Gasteiger partial charge in [0, 0.05) is 12.1 Å². The lowest BCUT2D eigenvalue weighted by molar-refractivity contribution is -0.136. The molecule has 0 saturated carbocycles. The Morgan fingerprint density at radius 3 is 2.78 bits per heavy atom. The van der Waals surface area contributed by atoms with E-state index in [1.165, 1.54) is 7.11 Å². The van der Waals surface area contributed by atoms with Gasteiger partial charge in [-0.25, -0.2) is 4.79 Å². The molecule has 0 N–H and O–H groups in total. The highest BCUT2D eigenvalue weighted by Crippen LogP contribution is 2.07. The molecule has 4 nitrogen and oxygen atoms in total. The molecule has 0 amide bonds. The minimum Gasteiger partial charge on any atom is -0.468 e. The highest BCUT2D eigenvalue weighted by atomic mass is 16.5. The summed E-state index contributed by atoms with van der Waals surface area (Å²) < 4.78 is 10.0. The van der Waals surface area contributed by atoms with Crippen LogP contribution in [0.25, 0.3) is 0 Å². The first kappa shape index (κ1) is 14.5. The summed E-state index contributed by atoms with van der Waals surface area (Å²) in [4.78, 5) is 13.6. The van der Waals surface area contributed by atoms with Crippen molar-refractivity contribution in [3.8, 4) is 0 Å². The summed E-state index contributed by atoms with van der Waals surface area (Å²) in [7, 11) is 1.41. The Balaban J connectivity index is 2.57. The number of nitrogens with zero attached hydrogens (tertiary/aromatic N) is 1. The Morgan fingerprint density at radius 1 is 1.50 bits per heavy atom. The number of furan rings is 1. The topological polar surface area (TPSA) is 42.7 Å². The maximum atomic E-state index is 11.4. The highest BCUT2D eigenvalue weighted by molar-refractivity contribution is 5.88. The van der Waals surface area contributed by atoms with Crippen molar-refractivity contribution in [3.05, 3.63) is 35.8 Å². The third kappa shape index (κ3) is 4.37. The molecule has 0 aliphatic heterocycles. The van der Waals surface area contributed by atoms with Crippen LogP contribution in [0.3, 0.4) is 0 Å². The number of ether oxygens (including phenoxy) is 1. The molecule has 18 heavy (non-hydrogen) atoms. The Morgan fingerprint density at radius 2 is 2.28 bits per heavy atom. The first-order chi connectivity index (χ1) is 8.71. The molecular weight excluding hydrogens is 230 g/mol. The van der Waals surface area contributed by atoms with E-state index >= 15 is 0 Å². The summed E-state index contributed by atoms with van der Waals surface area (Å²) in [5, 5.41) is 0. The van der Waals surface area contributed by atoms with Crippen molar-refractivity contribution in [3.63, 3.8) is 0 Å². The monoisotopic (exact) mass is 251 g/mol. The van der Waals surface area contributed by atoms with Gasteiger partial charge in [-0.05, 0) is 25.1 Å². The zero-order valence-corrected chi connectivity index (χ0v) is 11.3. The number of hydrogen-bond acceptors (Lipinski definition) is 4. The predicted octanol–water partition coefficient (Wildman–Crippen LogP) is 2.61. The molecule has 100 valence electrons. The average Bonchev–Trinajstić information content (AvgIpc) is 2.90. The van der Waals surface area contributed by atoms with Crippen LogP contribution in [0.5, 0.6) is 0 Å². The number of methoxy groups -OCH3 is 1. The minimum absolute atomic E-state index is 0.244. The van der Waals surface area contributed by atoms with Crippen molar-refractivity contribution in [2.45, 2.75) is 26.8 Å². The number of carbonyl (C=O) groups excluding carboxylic acids is 1. The van der Waals surface area contributed by atoms with Crippen LogP contribution in [0.4, 0.5) is 0 Å². The molecular formula is C14H21NO3. The largest absolute Gasteiger partial charge is 0.468 e. The van der Waals surface area contributed by atoms with Crippen molar-refractivity contribution in [1.29, 1.82) is 0 Å². The fourth-order valence-corrected chi connectivity index (χ4v) is 1.67. The fourth-order valence-electron chi connectivity index (χ4n) is 1.67. The van der Waals surface area contributed by atoms with E-state index in [0.29, 0.717) is 6.42 Å². The number of hydrogen-bond donors (Lipinski definition) is 0. The lowest BCUT2D eigenvalue weighted by atomic mass is 10.2. The van der Waals surface area contributed by atoms with Gasteiger partial charge in [0.25, 0.3) is 0 Å². The van der Waals surface area contributed by atoms with Crippen molar-refractivity contribution in [2.75, 3.05) is 20.2 Å². The molecule has 0 fully saturated rings. The summed E-state index contributed by atoms with van der Waals surface area (Å²) >= 11 is 0. The summed E-state index contributed by atoms with van der Waals surface area (Å²) in [5.41, 5.74) is 0.718. The number of carbonyl (C=O) groups is 1. The second-order valence-corrected chi connectivity index (χ2v) is 3.98. The zero-order chi connectivity index (χ0) is 13.4. The van der Waals surface area contributed by atoms with Gasteiger partial charge in [0.1, 0.15) is 5.76 Å². The molecule has 1 aromatic heterocycles. The van der Waals surface area contributed by atoms with Crippen LogP contribution in [0.15, 0.2) is 34.5 Å². The predicted molar refractivity (Wildman–Crippen MR) is 70.0 cm³/mol. The SMILES string of the molecule is CCC(=CCN(CC)Cc1ccco1)C(=O)OC. The fraction of sp³-hybridized carbons (Fsp3) is 0.500. The van der Waals surface area contributed by atoms with E-state index < -0.39 is 0 Å². The molecule has 1 heterocycles. The Hall–Kier alpha value is -1.55. The summed E-state index contributed by atoms with van der Waals surface area (Å²) in [6, 6.07) is 3.83. The van der Waals surface area contributed by atoms with Crippen LogP contribution < -0.4 is 0 Å². The first-order valence-electron chi connectivity index (χ1n) is 6.23. The van der Waals surface area contributed by atoms with Gasteiger partial charge in [0.2, 0.25) is 0 Å². The normalized spacial score (nSPS) is 11.9. The molecule has 0 spiro atoms. The molecule has 0 aliphatic rings. The maximum absolute atomic E-state index is 11.4. The highest BCUT2D eigenvalue weighted by Gasteiger charge is 2.09. The van der Waals surface area contributed by atoms with Crippen molar-refractivity contribution in [2.24, 2.45) is 0 Å². The maximum Gasteiger partial charge on any atom is 0.333 e. The third-order valence-corrected chi connectivity index (χ3v) is 2.83. The summed E-state index contributed by atoms with van der Waals surface area (Å²) in [5.74, 6) is 0.688.